The van der Waals surface area contributed by atoms with E-state index in [1.165, 1.54) is 6.42 Å². The highest BCUT2D eigenvalue weighted by Crippen LogP contribution is 2.17. The molecule has 6 heteroatoms. The van der Waals surface area contributed by atoms with Crippen molar-refractivity contribution in [2.45, 2.75) is 25.3 Å². The lowest BCUT2D eigenvalue weighted by molar-refractivity contribution is -0.121. The fourth-order valence-electron chi connectivity index (χ4n) is 2.79. The maximum Gasteiger partial charge on any atom is 0.233 e. The minimum atomic E-state index is -0.0704. The number of nitrogens with one attached hydrogen (secondary N) is 1. The minimum Gasteiger partial charge on any atom is -0.379 e. The predicted octanol–water partition coefficient (Wildman–Crippen LogP) is -0.837. The van der Waals surface area contributed by atoms with Crippen LogP contribution in [0.4, 0.5) is 0 Å². The molecule has 2 fully saturated rings. The van der Waals surface area contributed by atoms with Crippen LogP contribution in [0, 0.1) is 0 Å². The number of nitrogens with zero attached hydrogens (tertiary/aromatic N) is 2. The zero-order chi connectivity index (χ0) is 12.8. The Morgan fingerprint density at radius 1 is 1.33 bits per heavy atom. The number of hydrogen-bond acceptors (Lipinski definition) is 5. The maximum atomic E-state index is 11.0. The Balaban J connectivity index is 1.63. The molecule has 0 spiro atoms. The van der Waals surface area contributed by atoms with Gasteiger partial charge in [-0.3, -0.25) is 15.1 Å². The van der Waals surface area contributed by atoms with E-state index >= 15 is 0 Å². The summed E-state index contributed by atoms with van der Waals surface area (Å²) < 4.78 is 5.38. The first-order valence-electron chi connectivity index (χ1n) is 6.83. The third-order valence-electron chi connectivity index (χ3n) is 3.85. The molecular weight excluding hydrogens is 232 g/mol. The quantitative estimate of drug-likeness (QED) is 0.381. The third-order valence-corrected chi connectivity index (χ3v) is 3.85. The fourth-order valence-corrected chi connectivity index (χ4v) is 2.79. The van der Waals surface area contributed by atoms with Crippen LogP contribution in [0.15, 0.2) is 0 Å². The van der Waals surface area contributed by atoms with Gasteiger partial charge >= 0.3 is 0 Å². The Labute approximate surface area is 108 Å². The first-order valence-corrected chi connectivity index (χ1v) is 6.83. The van der Waals surface area contributed by atoms with Crippen molar-refractivity contribution >= 4 is 5.91 Å². The molecule has 2 heterocycles. The number of ether oxygens (including phenoxy) is 1. The van der Waals surface area contributed by atoms with Crippen molar-refractivity contribution in [1.82, 2.24) is 15.2 Å². The van der Waals surface area contributed by atoms with Crippen LogP contribution >= 0.6 is 0 Å². The van der Waals surface area contributed by atoms with Crippen LogP contribution in [-0.2, 0) is 9.53 Å². The molecule has 0 aliphatic carbocycles. The topological polar surface area (TPSA) is 70.8 Å². The molecule has 18 heavy (non-hydrogen) atoms. The number of carbonyl (C=O) groups is 1. The van der Waals surface area contributed by atoms with Crippen LogP contribution in [0.3, 0.4) is 0 Å². The summed E-state index contributed by atoms with van der Waals surface area (Å²) in [7, 11) is 0. The Kier molecular flexibility index (Phi) is 5.37. The standard InChI is InChI=1S/C12H24N4O2/c13-14-12(17)2-1-4-15-5-3-11(10-15)16-6-8-18-9-7-16/h11H,1-10,13H2,(H,14,17). The first kappa shape index (κ1) is 13.7. The van der Waals surface area contributed by atoms with Gasteiger partial charge in [0, 0.05) is 32.1 Å². The Hall–Kier alpha value is -0.690. The minimum absolute atomic E-state index is 0.0704. The summed E-state index contributed by atoms with van der Waals surface area (Å²) in [5.74, 6) is 4.98. The molecule has 3 N–H and O–H groups in total. The second-order valence-corrected chi connectivity index (χ2v) is 5.06. The second-order valence-electron chi connectivity index (χ2n) is 5.06. The van der Waals surface area contributed by atoms with Gasteiger partial charge in [0.2, 0.25) is 5.91 Å². The average Bonchev–Trinajstić information content (AvgIpc) is 2.88. The van der Waals surface area contributed by atoms with E-state index in [9.17, 15) is 4.79 Å². The molecule has 2 saturated heterocycles. The molecule has 0 aromatic heterocycles. The molecule has 1 atom stereocenters. The number of morpholine rings is 1. The number of hydrogen-bond donors (Lipinski definition) is 2. The molecule has 1 unspecified atom stereocenters. The summed E-state index contributed by atoms with van der Waals surface area (Å²) in [5, 5.41) is 0. The lowest BCUT2D eigenvalue weighted by atomic mass is 10.2. The number of amides is 1. The van der Waals surface area contributed by atoms with Crippen LogP contribution in [0.2, 0.25) is 0 Å². The summed E-state index contributed by atoms with van der Waals surface area (Å²) in [4.78, 5) is 16.0. The number of nitrogens with two attached hydrogens (primary N) is 1. The molecule has 2 rings (SSSR count). The largest absolute Gasteiger partial charge is 0.379 e. The van der Waals surface area contributed by atoms with E-state index in [2.05, 4.69) is 15.2 Å². The van der Waals surface area contributed by atoms with E-state index < -0.39 is 0 Å². The van der Waals surface area contributed by atoms with Gasteiger partial charge in [-0.2, -0.15) is 0 Å². The van der Waals surface area contributed by atoms with Crippen LogP contribution in [0.5, 0.6) is 0 Å². The van der Waals surface area contributed by atoms with Crippen molar-refractivity contribution in [2.75, 3.05) is 45.9 Å². The van der Waals surface area contributed by atoms with Crippen molar-refractivity contribution in [3.05, 3.63) is 0 Å². The number of hydrazine groups is 1. The van der Waals surface area contributed by atoms with Crippen molar-refractivity contribution in [1.29, 1.82) is 0 Å². The third kappa shape index (κ3) is 3.91. The lowest BCUT2D eigenvalue weighted by Gasteiger charge is -2.32. The molecule has 0 radical (unpaired) electrons. The Morgan fingerprint density at radius 3 is 2.83 bits per heavy atom. The smallest absolute Gasteiger partial charge is 0.233 e. The summed E-state index contributed by atoms with van der Waals surface area (Å²) in [6, 6.07) is 0.678. The van der Waals surface area contributed by atoms with Gasteiger partial charge in [0.25, 0.3) is 0 Å². The molecule has 0 aromatic rings. The van der Waals surface area contributed by atoms with Gasteiger partial charge in [-0.05, 0) is 25.9 Å². The van der Waals surface area contributed by atoms with Crippen molar-refractivity contribution < 1.29 is 9.53 Å². The van der Waals surface area contributed by atoms with E-state index in [1.807, 2.05) is 0 Å². The number of carbonyl (C=O) groups excluding carboxylic acids is 1. The molecule has 2 aliphatic rings. The zero-order valence-electron chi connectivity index (χ0n) is 10.9. The van der Waals surface area contributed by atoms with Crippen molar-refractivity contribution in [3.63, 3.8) is 0 Å². The molecule has 6 nitrogen and oxygen atoms in total. The van der Waals surface area contributed by atoms with Gasteiger partial charge in [-0.15, -0.1) is 0 Å². The highest BCUT2D eigenvalue weighted by Gasteiger charge is 2.28. The van der Waals surface area contributed by atoms with Crippen LogP contribution < -0.4 is 11.3 Å². The SMILES string of the molecule is NNC(=O)CCCN1CCC(N2CCOCC2)C1. The van der Waals surface area contributed by atoms with Crippen LogP contribution in [-0.4, -0.2) is 67.7 Å². The Morgan fingerprint density at radius 2 is 2.11 bits per heavy atom. The highest BCUT2D eigenvalue weighted by molar-refractivity contribution is 5.75. The zero-order valence-corrected chi connectivity index (χ0v) is 10.9. The molecule has 0 aromatic carbocycles. The average molecular weight is 256 g/mol. The van der Waals surface area contributed by atoms with Crippen LogP contribution in [0.1, 0.15) is 19.3 Å². The summed E-state index contributed by atoms with van der Waals surface area (Å²) in [5.41, 5.74) is 2.17. The van der Waals surface area contributed by atoms with Gasteiger partial charge in [-0.1, -0.05) is 0 Å². The van der Waals surface area contributed by atoms with Gasteiger partial charge in [0.15, 0.2) is 0 Å². The molecule has 0 bridgehead atoms. The summed E-state index contributed by atoms with van der Waals surface area (Å²) >= 11 is 0. The normalized spacial score (nSPS) is 26.4. The van der Waals surface area contributed by atoms with Crippen LogP contribution in [0.25, 0.3) is 0 Å². The van der Waals surface area contributed by atoms with E-state index in [1.54, 1.807) is 0 Å². The van der Waals surface area contributed by atoms with E-state index in [0.717, 1.165) is 52.4 Å². The van der Waals surface area contributed by atoms with Crippen molar-refractivity contribution in [3.8, 4) is 0 Å². The highest BCUT2D eigenvalue weighted by atomic mass is 16.5. The first-order chi connectivity index (χ1) is 8.79. The number of rotatable bonds is 5. The Bertz CT molecular complexity index is 269. The maximum absolute atomic E-state index is 11.0. The van der Waals surface area contributed by atoms with Crippen molar-refractivity contribution in [2.24, 2.45) is 5.84 Å². The van der Waals surface area contributed by atoms with E-state index in [0.29, 0.717) is 12.5 Å². The van der Waals surface area contributed by atoms with Gasteiger partial charge in [0.1, 0.15) is 0 Å². The van der Waals surface area contributed by atoms with Gasteiger partial charge < -0.3 is 9.64 Å². The molecule has 1 amide bonds. The van der Waals surface area contributed by atoms with Gasteiger partial charge in [0.05, 0.1) is 13.2 Å². The fraction of sp³-hybridized carbons (Fsp3) is 0.917. The summed E-state index contributed by atoms with van der Waals surface area (Å²) in [6.45, 7) is 7.13. The number of likely N-dealkylation sites (tertiary alicyclic amines) is 1. The second kappa shape index (κ2) is 7.04. The molecule has 0 saturated carbocycles. The molecular formula is C12H24N4O2. The molecule has 2 aliphatic heterocycles. The monoisotopic (exact) mass is 256 g/mol. The van der Waals surface area contributed by atoms with Gasteiger partial charge in [-0.25, -0.2) is 5.84 Å². The summed E-state index contributed by atoms with van der Waals surface area (Å²) in [6.07, 6.45) is 2.65. The van der Waals surface area contributed by atoms with E-state index in [-0.39, 0.29) is 5.91 Å². The van der Waals surface area contributed by atoms with E-state index in [4.69, 9.17) is 10.6 Å². The predicted molar refractivity (Wildman–Crippen MR) is 68.8 cm³/mol. The lowest BCUT2D eigenvalue weighted by Crippen LogP contribution is -2.44. The molecule has 104 valence electrons.